The van der Waals surface area contributed by atoms with E-state index in [1.807, 2.05) is 6.92 Å². The van der Waals surface area contributed by atoms with Gasteiger partial charge in [0.05, 0.1) is 30.4 Å². The molecule has 0 aliphatic heterocycles. The summed E-state index contributed by atoms with van der Waals surface area (Å²) in [5.41, 5.74) is 1.94. The Hall–Kier alpha value is -3.76. The van der Waals surface area contributed by atoms with E-state index in [1.165, 1.54) is 31.5 Å². The predicted octanol–water partition coefficient (Wildman–Crippen LogP) is 5.42. The number of aromatic nitrogens is 2. The first-order valence-corrected chi connectivity index (χ1v) is 13.4. The zero-order chi connectivity index (χ0) is 26.6. The van der Waals surface area contributed by atoms with Crippen molar-refractivity contribution in [2.24, 2.45) is 0 Å². The van der Waals surface area contributed by atoms with Gasteiger partial charge in [-0.25, -0.2) is 22.8 Å². The Bertz CT molecular complexity index is 1530. The number of anilines is 2. The molecule has 2 heterocycles. The number of sulfone groups is 1. The Balaban J connectivity index is 1.80. The lowest BCUT2D eigenvalue weighted by atomic mass is 10.1. The molecule has 0 saturated carbocycles. The molecule has 192 valence electrons. The first-order chi connectivity index (χ1) is 17.7. The number of nitrogens with one attached hydrogen (secondary N) is 1. The highest BCUT2D eigenvalue weighted by molar-refractivity contribution is 7.91. The summed E-state index contributed by atoms with van der Waals surface area (Å²) < 4.78 is 44.5. The number of carbonyl (C=O) groups excluding carboxylic acids is 1. The second-order valence-corrected chi connectivity index (χ2v) is 10.9. The van der Waals surface area contributed by atoms with Crippen LogP contribution in [0, 0.1) is 12.7 Å². The molecule has 4 aromatic rings. The maximum Gasteiger partial charge on any atom is 0.276 e. The van der Waals surface area contributed by atoms with Gasteiger partial charge in [0.25, 0.3) is 5.91 Å². The van der Waals surface area contributed by atoms with Gasteiger partial charge in [-0.05, 0) is 54.4 Å². The van der Waals surface area contributed by atoms with Gasteiger partial charge in [-0.1, -0.05) is 36.7 Å². The maximum atomic E-state index is 13.9. The van der Waals surface area contributed by atoms with Crippen LogP contribution in [-0.2, 0) is 22.9 Å². The van der Waals surface area contributed by atoms with Crippen molar-refractivity contribution in [1.82, 2.24) is 9.97 Å². The molecular weight excluding hydrogens is 519 g/mol. The second kappa shape index (κ2) is 11.1. The molecule has 8 nitrogen and oxygen atoms in total. The number of hydrogen-bond acceptors (Lipinski definition) is 7. The van der Waals surface area contributed by atoms with Crippen LogP contribution in [0.2, 0.25) is 5.02 Å². The Morgan fingerprint density at radius 3 is 2.62 bits per heavy atom. The van der Waals surface area contributed by atoms with Gasteiger partial charge >= 0.3 is 0 Å². The molecule has 0 atom stereocenters. The van der Waals surface area contributed by atoms with Crippen molar-refractivity contribution in [3.63, 3.8) is 0 Å². The SMILES string of the molecule is CCS(=O)(=O)c1ncc(N(Cc2cccc(F)c2)Cc2ccco2)c(C(=O)Nc2ccc(C)c(Cl)c2)n1. The van der Waals surface area contributed by atoms with Gasteiger partial charge in [0.1, 0.15) is 11.6 Å². The van der Waals surface area contributed by atoms with E-state index >= 15 is 0 Å². The van der Waals surface area contributed by atoms with Crippen molar-refractivity contribution in [2.75, 3.05) is 16.0 Å². The number of aryl methyl sites for hydroxylation is 1. The molecule has 0 fully saturated rings. The van der Waals surface area contributed by atoms with Crippen molar-refractivity contribution in [2.45, 2.75) is 32.1 Å². The molecule has 0 saturated heterocycles. The van der Waals surface area contributed by atoms with E-state index in [1.54, 1.807) is 47.4 Å². The van der Waals surface area contributed by atoms with E-state index in [2.05, 4.69) is 15.3 Å². The normalized spacial score (nSPS) is 11.4. The number of halogens is 2. The second-order valence-electron chi connectivity index (χ2n) is 8.27. The number of carbonyl (C=O) groups is 1. The molecule has 2 aromatic heterocycles. The molecule has 0 spiro atoms. The quantitative estimate of drug-likeness (QED) is 0.281. The van der Waals surface area contributed by atoms with Gasteiger partial charge in [-0.15, -0.1) is 0 Å². The van der Waals surface area contributed by atoms with Crippen molar-refractivity contribution in [1.29, 1.82) is 0 Å². The lowest BCUT2D eigenvalue weighted by molar-refractivity contribution is 0.102. The zero-order valence-corrected chi connectivity index (χ0v) is 21.7. The van der Waals surface area contributed by atoms with Crippen LogP contribution in [-0.4, -0.2) is 30.0 Å². The first-order valence-electron chi connectivity index (χ1n) is 11.4. The van der Waals surface area contributed by atoms with Gasteiger partial charge in [-0.2, -0.15) is 0 Å². The number of furan rings is 1. The summed E-state index contributed by atoms with van der Waals surface area (Å²) in [5, 5.41) is 2.73. The molecule has 1 N–H and O–H groups in total. The molecule has 0 radical (unpaired) electrons. The maximum absolute atomic E-state index is 13.9. The summed E-state index contributed by atoms with van der Waals surface area (Å²) in [4.78, 5) is 23.4. The van der Waals surface area contributed by atoms with Crippen molar-refractivity contribution in [3.8, 4) is 0 Å². The van der Waals surface area contributed by atoms with Crippen molar-refractivity contribution >= 4 is 38.7 Å². The largest absolute Gasteiger partial charge is 0.467 e. The zero-order valence-electron chi connectivity index (χ0n) is 20.1. The molecule has 0 bridgehead atoms. The predicted molar refractivity (Wildman–Crippen MR) is 139 cm³/mol. The van der Waals surface area contributed by atoms with Crippen LogP contribution in [0.4, 0.5) is 15.8 Å². The summed E-state index contributed by atoms with van der Waals surface area (Å²) in [6.07, 6.45) is 2.80. The molecule has 2 aromatic carbocycles. The molecular formula is C26H24ClFN4O4S. The third kappa shape index (κ3) is 6.33. The van der Waals surface area contributed by atoms with Gasteiger partial charge in [-0.3, -0.25) is 4.79 Å². The Kier molecular flexibility index (Phi) is 7.89. The summed E-state index contributed by atoms with van der Waals surface area (Å²) in [5.74, 6) is -0.738. The van der Waals surface area contributed by atoms with Gasteiger partial charge in [0, 0.05) is 17.3 Å². The lowest BCUT2D eigenvalue weighted by Crippen LogP contribution is -2.27. The van der Waals surface area contributed by atoms with Crippen LogP contribution in [0.15, 0.2) is 76.6 Å². The summed E-state index contributed by atoms with van der Waals surface area (Å²) in [6.45, 7) is 3.65. The summed E-state index contributed by atoms with van der Waals surface area (Å²) >= 11 is 6.21. The van der Waals surface area contributed by atoms with Gasteiger partial charge in [0.2, 0.25) is 15.0 Å². The van der Waals surface area contributed by atoms with Crippen LogP contribution in [0.25, 0.3) is 0 Å². The molecule has 1 amide bonds. The minimum absolute atomic E-state index is 0.165. The third-order valence-electron chi connectivity index (χ3n) is 5.58. The first kappa shape index (κ1) is 26.3. The van der Waals surface area contributed by atoms with Crippen LogP contribution >= 0.6 is 11.6 Å². The van der Waals surface area contributed by atoms with Gasteiger partial charge < -0.3 is 14.6 Å². The molecule has 0 aliphatic carbocycles. The monoisotopic (exact) mass is 542 g/mol. The third-order valence-corrected chi connectivity index (χ3v) is 7.50. The Morgan fingerprint density at radius 1 is 1.14 bits per heavy atom. The summed E-state index contributed by atoms with van der Waals surface area (Å²) in [6, 6.07) is 14.5. The Morgan fingerprint density at radius 2 is 1.95 bits per heavy atom. The molecule has 0 aliphatic rings. The van der Waals surface area contributed by atoms with E-state index in [4.69, 9.17) is 16.0 Å². The van der Waals surface area contributed by atoms with Crippen LogP contribution in [0.3, 0.4) is 0 Å². The average Bonchev–Trinajstić information content (AvgIpc) is 3.39. The number of hydrogen-bond donors (Lipinski definition) is 1. The Labute approximate surface area is 219 Å². The number of nitrogens with zero attached hydrogens (tertiary/aromatic N) is 3. The number of amides is 1. The highest BCUT2D eigenvalue weighted by Crippen LogP contribution is 2.27. The molecule has 0 unspecified atom stereocenters. The molecule has 11 heteroatoms. The average molecular weight is 543 g/mol. The van der Waals surface area contributed by atoms with Gasteiger partial charge in [0.15, 0.2) is 5.69 Å². The fraction of sp³-hybridized carbons (Fsp3) is 0.192. The van der Waals surface area contributed by atoms with E-state index < -0.39 is 26.7 Å². The van der Waals surface area contributed by atoms with Crippen molar-refractivity contribution < 1.29 is 22.0 Å². The standard InChI is InChI=1S/C26H24ClFN4O4S/c1-3-37(34,35)26-29-14-23(24(31-26)25(33)30-20-10-9-17(2)22(27)13-20)32(16-21-8-5-11-36-21)15-18-6-4-7-19(28)12-18/h4-14H,3,15-16H2,1-2H3,(H,30,33). The number of rotatable bonds is 9. The minimum atomic E-state index is -3.81. The van der Waals surface area contributed by atoms with E-state index in [0.717, 1.165) is 5.56 Å². The van der Waals surface area contributed by atoms with Crippen LogP contribution in [0.5, 0.6) is 0 Å². The van der Waals surface area contributed by atoms with E-state index in [9.17, 15) is 17.6 Å². The van der Waals surface area contributed by atoms with Crippen molar-refractivity contribution in [3.05, 3.63) is 100 Å². The number of benzene rings is 2. The van der Waals surface area contributed by atoms with Crippen LogP contribution < -0.4 is 10.2 Å². The lowest BCUT2D eigenvalue weighted by Gasteiger charge is -2.25. The fourth-order valence-corrected chi connectivity index (χ4v) is 4.45. The highest BCUT2D eigenvalue weighted by Gasteiger charge is 2.25. The molecule has 4 rings (SSSR count). The summed E-state index contributed by atoms with van der Waals surface area (Å²) in [7, 11) is -3.81. The smallest absolute Gasteiger partial charge is 0.276 e. The van der Waals surface area contributed by atoms with E-state index in [0.29, 0.717) is 22.0 Å². The minimum Gasteiger partial charge on any atom is -0.467 e. The van der Waals surface area contributed by atoms with E-state index in [-0.39, 0.29) is 30.2 Å². The van der Waals surface area contributed by atoms with Crippen LogP contribution in [0.1, 0.15) is 34.3 Å². The molecule has 37 heavy (non-hydrogen) atoms. The highest BCUT2D eigenvalue weighted by atomic mass is 35.5. The topological polar surface area (TPSA) is 105 Å². The fourth-order valence-electron chi connectivity index (χ4n) is 3.57.